The zero-order chi connectivity index (χ0) is 20.2. The first-order valence-corrected chi connectivity index (χ1v) is 9.88. The Balaban J connectivity index is 1.79. The molecule has 1 aliphatic carbocycles. The van der Waals surface area contributed by atoms with E-state index in [9.17, 15) is 4.79 Å². The molecule has 2 aromatic carbocycles. The van der Waals surface area contributed by atoms with Crippen LogP contribution in [-0.2, 0) is 0 Å². The van der Waals surface area contributed by atoms with E-state index in [1.165, 1.54) is 0 Å². The van der Waals surface area contributed by atoms with Gasteiger partial charge in [-0.1, -0.05) is 31.0 Å². The van der Waals surface area contributed by atoms with Gasteiger partial charge in [-0.25, -0.2) is 4.68 Å². The summed E-state index contributed by atoms with van der Waals surface area (Å²) in [5.41, 5.74) is 2.76. The summed E-state index contributed by atoms with van der Waals surface area (Å²) < 4.78 is 12.6. The van der Waals surface area contributed by atoms with Crippen molar-refractivity contribution in [3.63, 3.8) is 0 Å². The van der Waals surface area contributed by atoms with Crippen LogP contribution in [0.25, 0.3) is 16.9 Å². The van der Waals surface area contributed by atoms with E-state index in [0.717, 1.165) is 36.9 Å². The highest BCUT2D eigenvalue weighted by Gasteiger charge is 2.24. The monoisotopic (exact) mass is 391 g/mol. The molecule has 6 heteroatoms. The van der Waals surface area contributed by atoms with Crippen LogP contribution in [-0.4, -0.2) is 35.9 Å². The summed E-state index contributed by atoms with van der Waals surface area (Å²) in [5, 5.41) is 7.92. The smallest absolute Gasteiger partial charge is 0.255 e. The van der Waals surface area contributed by atoms with Crippen molar-refractivity contribution in [3.05, 3.63) is 60.3 Å². The molecule has 3 aromatic rings. The van der Waals surface area contributed by atoms with Crippen molar-refractivity contribution in [3.8, 4) is 28.4 Å². The number of hydrogen-bond acceptors (Lipinski definition) is 4. The van der Waals surface area contributed by atoms with Gasteiger partial charge in [0.1, 0.15) is 17.2 Å². The molecule has 1 heterocycles. The number of hydrogen-bond donors (Lipinski definition) is 1. The van der Waals surface area contributed by atoms with Crippen molar-refractivity contribution < 1.29 is 14.3 Å². The molecule has 0 unspecified atom stereocenters. The van der Waals surface area contributed by atoms with Gasteiger partial charge in [-0.3, -0.25) is 4.79 Å². The highest BCUT2D eigenvalue weighted by molar-refractivity contribution is 6.00. The molecular formula is C23H25N3O3. The van der Waals surface area contributed by atoms with Gasteiger partial charge in [0.25, 0.3) is 5.91 Å². The van der Waals surface area contributed by atoms with E-state index >= 15 is 0 Å². The molecule has 0 radical (unpaired) electrons. The summed E-state index contributed by atoms with van der Waals surface area (Å²) in [6, 6.07) is 15.5. The number of amides is 1. The van der Waals surface area contributed by atoms with Crippen LogP contribution in [0.3, 0.4) is 0 Å². The largest absolute Gasteiger partial charge is 0.497 e. The normalized spacial score (nSPS) is 14.0. The van der Waals surface area contributed by atoms with E-state index in [-0.39, 0.29) is 11.9 Å². The molecule has 1 aromatic heterocycles. The quantitative estimate of drug-likeness (QED) is 0.683. The second-order valence-electron chi connectivity index (χ2n) is 7.19. The SMILES string of the molecule is COc1ccc(-c2nn(-c3ccccc3)cc2C(=O)NC2CCCC2)c(OC)c1. The van der Waals surface area contributed by atoms with Gasteiger partial charge in [0, 0.05) is 23.9 Å². The number of nitrogens with zero attached hydrogens (tertiary/aromatic N) is 2. The van der Waals surface area contributed by atoms with Crippen molar-refractivity contribution in [2.45, 2.75) is 31.7 Å². The zero-order valence-electron chi connectivity index (χ0n) is 16.7. The molecule has 1 N–H and O–H groups in total. The van der Waals surface area contributed by atoms with Gasteiger partial charge >= 0.3 is 0 Å². The number of ether oxygens (including phenoxy) is 2. The van der Waals surface area contributed by atoms with Crippen LogP contribution in [0.4, 0.5) is 0 Å². The molecule has 1 saturated carbocycles. The van der Waals surface area contributed by atoms with Crippen LogP contribution >= 0.6 is 0 Å². The average molecular weight is 391 g/mol. The van der Waals surface area contributed by atoms with Gasteiger partial charge in [-0.15, -0.1) is 0 Å². The van der Waals surface area contributed by atoms with E-state index in [0.29, 0.717) is 22.8 Å². The Kier molecular flexibility index (Phi) is 5.51. The molecule has 29 heavy (non-hydrogen) atoms. The number of nitrogens with one attached hydrogen (secondary N) is 1. The van der Waals surface area contributed by atoms with Crippen molar-refractivity contribution in [2.75, 3.05) is 14.2 Å². The number of benzene rings is 2. The molecule has 4 rings (SSSR count). The number of rotatable bonds is 6. The molecule has 150 valence electrons. The fourth-order valence-electron chi connectivity index (χ4n) is 3.78. The Labute approximate surface area is 170 Å². The van der Waals surface area contributed by atoms with Crippen LogP contribution in [0.1, 0.15) is 36.0 Å². The summed E-state index contributed by atoms with van der Waals surface area (Å²) in [6.45, 7) is 0. The fourth-order valence-corrected chi connectivity index (χ4v) is 3.78. The first-order chi connectivity index (χ1) is 14.2. The van der Waals surface area contributed by atoms with Crippen molar-refractivity contribution in [2.24, 2.45) is 0 Å². The lowest BCUT2D eigenvalue weighted by Crippen LogP contribution is -2.32. The van der Waals surface area contributed by atoms with Crippen LogP contribution in [0, 0.1) is 0 Å². The second kappa shape index (κ2) is 8.39. The lowest BCUT2D eigenvalue weighted by atomic mass is 10.1. The summed E-state index contributed by atoms with van der Waals surface area (Å²) in [5.74, 6) is 1.19. The molecule has 1 aliphatic rings. The first-order valence-electron chi connectivity index (χ1n) is 9.88. The molecule has 0 aliphatic heterocycles. The lowest BCUT2D eigenvalue weighted by Gasteiger charge is -2.13. The van der Waals surface area contributed by atoms with Gasteiger partial charge in [0.15, 0.2) is 0 Å². The Morgan fingerprint density at radius 1 is 1.07 bits per heavy atom. The third-order valence-electron chi connectivity index (χ3n) is 5.33. The molecule has 1 amide bonds. The minimum Gasteiger partial charge on any atom is -0.497 e. The Hall–Kier alpha value is -3.28. The van der Waals surface area contributed by atoms with E-state index in [4.69, 9.17) is 14.6 Å². The number of para-hydroxylation sites is 1. The minimum atomic E-state index is -0.105. The van der Waals surface area contributed by atoms with Crippen LogP contribution in [0.2, 0.25) is 0 Å². The minimum absolute atomic E-state index is 0.105. The Morgan fingerprint density at radius 2 is 1.83 bits per heavy atom. The van der Waals surface area contributed by atoms with E-state index in [1.54, 1.807) is 31.2 Å². The third kappa shape index (κ3) is 3.97. The summed E-state index contributed by atoms with van der Waals surface area (Å²) in [7, 11) is 3.21. The van der Waals surface area contributed by atoms with E-state index in [1.807, 2.05) is 42.5 Å². The Bertz CT molecular complexity index is 992. The van der Waals surface area contributed by atoms with Gasteiger partial charge < -0.3 is 14.8 Å². The van der Waals surface area contributed by atoms with Gasteiger partial charge in [-0.2, -0.15) is 5.10 Å². The summed E-state index contributed by atoms with van der Waals surface area (Å²) >= 11 is 0. The lowest BCUT2D eigenvalue weighted by molar-refractivity contribution is 0.0938. The number of carbonyl (C=O) groups excluding carboxylic acids is 1. The average Bonchev–Trinajstić information content (AvgIpc) is 3.44. The van der Waals surface area contributed by atoms with E-state index in [2.05, 4.69) is 5.32 Å². The van der Waals surface area contributed by atoms with Crippen LogP contribution in [0.5, 0.6) is 11.5 Å². The molecular weight excluding hydrogens is 366 g/mol. The maximum atomic E-state index is 13.1. The summed E-state index contributed by atoms with van der Waals surface area (Å²) in [4.78, 5) is 13.1. The standard InChI is InChI=1S/C23H25N3O3/c1-28-18-12-13-19(21(14-18)29-2)22-20(23(27)24-16-8-6-7-9-16)15-26(25-22)17-10-4-3-5-11-17/h3-5,10-16H,6-9H2,1-2H3,(H,24,27). The van der Waals surface area contributed by atoms with Crippen LogP contribution < -0.4 is 14.8 Å². The number of aromatic nitrogens is 2. The Morgan fingerprint density at radius 3 is 2.52 bits per heavy atom. The predicted octanol–water partition coefficient (Wildman–Crippen LogP) is 4.23. The maximum absolute atomic E-state index is 13.1. The van der Waals surface area contributed by atoms with E-state index < -0.39 is 0 Å². The van der Waals surface area contributed by atoms with Crippen molar-refractivity contribution in [1.82, 2.24) is 15.1 Å². The molecule has 1 fully saturated rings. The molecule has 0 saturated heterocycles. The molecule has 0 atom stereocenters. The van der Waals surface area contributed by atoms with Gasteiger partial charge in [-0.05, 0) is 37.1 Å². The maximum Gasteiger partial charge on any atom is 0.255 e. The highest BCUT2D eigenvalue weighted by atomic mass is 16.5. The number of carbonyl (C=O) groups is 1. The molecule has 6 nitrogen and oxygen atoms in total. The molecule has 0 spiro atoms. The zero-order valence-corrected chi connectivity index (χ0v) is 16.7. The summed E-state index contributed by atoms with van der Waals surface area (Å²) in [6.07, 6.45) is 6.17. The van der Waals surface area contributed by atoms with Crippen LogP contribution in [0.15, 0.2) is 54.7 Å². The predicted molar refractivity (Wildman–Crippen MR) is 112 cm³/mol. The first kappa shape index (κ1) is 19.1. The van der Waals surface area contributed by atoms with Crippen molar-refractivity contribution >= 4 is 5.91 Å². The van der Waals surface area contributed by atoms with Crippen molar-refractivity contribution in [1.29, 1.82) is 0 Å². The third-order valence-corrected chi connectivity index (χ3v) is 5.33. The topological polar surface area (TPSA) is 65.4 Å². The fraction of sp³-hybridized carbons (Fsp3) is 0.304. The van der Waals surface area contributed by atoms with Gasteiger partial charge in [0.2, 0.25) is 0 Å². The number of methoxy groups -OCH3 is 2. The van der Waals surface area contributed by atoms with Gasteiger partial charge in [0.05, 0.1) is 25.5 Å². The molecule has 0 bridgehead atoms. The second-order valence-corrected chi connectivity index (χ2v) is 7.19. The highest BCUT2D eigenvalue weighted by Crippen LogP contribution is 2.35.